The van der Waals surface area contributed by atoms with Gasteiger partial charge in [0.25, 0.3) is 0 Å². The van der Waals surface area contributed by atoms with Crippen molar-refractivity contribution in [3.8, 4) is 17.2 Å². The summed E-state index contributed by atoms with van der Waals surface area (Å²) in [4.78, 5) is 0. The fourth-order valence-electron chi connectivity index (χ4n) is 2.02. The standard InChI is InChI=1S/C17H19BrO3/c1-3-20-16-9-5-7-14(11-18)17(16)21-12-13-6-4-8-15(10-13)19-2/h4-10H,3,11-12H2,1-2H3. The van der Waals surface area contributed by atoms with Crippen LogP contribution in [0.3, 0.4) is 0 Å². The van der Waals surface area contributed by atoms with Crippen LogP contribution in [0.4, 0.5) is 0 Å². The molecule has 2 rings (SSSR count). The van der Waals surface area contributed by atoms with Crippen molar-refractivity contribution < 1.29 is 14.2 Å². The average molecular weight is 351 g/mol. The summed E-state index contributed by atoms with van der Waals surface area (Å²) in [6, 6.07) is 13.8. The van der Waals surface area contributed by atoms with E-state index in [0.29, 0.717) is 13.2 Å². The summed E-state index contributed by atoms with van der Waals surface area (Å²) in [5.74, 6) is 2.39. The van der Waals surface area contributed by atoms with E-state index in [0.717, 1.165) is 33.7 Å². The number of ether oxygens (including phenoxy) is 3. The third kappa shape index (κ3) is 4.14. The summed E-state index contributed by atoms with van der Waals surface area (Å²) in [5, 5.41) is 0.724. The van der Waals surface area contributed by atoms with Crippen LogP contribution in [0.15, 0.2) is 42.5 Å². The summed E-state index contributed by atoms with van der Waals surface area (Å²) in [6.07, 6.45) is 0. The van der Waals surface area contributed by atoms with Crippen molar-refractivity contribution in [2.45, 2.75) is 18.9 Å². The molecule has 3 nitrogen and oxygen atoms in total. The first-order valence-corrected chi connectivity index (χ1v) is 7.97. The van der Waals surface area contributed by atoms with E-state index in [9.17, 15) is 0 Å². The Hall–Kier alpha value is -1.68. The summed E-state index contributed by atoms with van der Waals surface area (Å²) in [6.45, 7) is 3.05. The number of hydrogen-bond donors (Lipinski definition) is 0. The SMILES string of the molecule is CCOc1cccc(CBr)c1OCc1cccc(OC)c1. The van der Waals surface area contributed by atoms with Crippen LogP contribution in [0.1, 0.15) is 18.1 Å². The van der Waals surface area contributed by atoms with E-state index in [1.807, 2.05) is 49.4 Å². The summed E-state index contributed by atoms with van der Waals surface area (Å²) in [5.41, 5.74) is 2.13. The van der Waals surface area contributed by atoms with E-state index >= 15 is 0 Å². The van der Waals surface area contributed by atoms with E-state index in [1.54, 1.807) is 7.11 Å². The second-order valence-corrected chi connectivity index (χ2v) is 5.01. The number of methoxy groups -OCH3 is 1. The third-order valence-electron chi connectivity index (χ3n) is 3.02. The van der Waals surface area contributed by atoms with E-state index in [-0.39, 0.29) is 0 Å². The summed E-state index contributed by atoms with van der Waals surface area (Å²) in [7, 11) is 1.66. The Morgan fingerprint density at radius 1 is 1.05 bits per heavy atom. The molecule has 0 unspecified atom stereocenters. The molecule has 2 aromatic rings. The van der Waals surface area contributed by atoms with Crippen molar-refractivity contribution >= 4 is 15.9 Å². The first-order valence-electron chi connectivity index (χ1n) is 6.84. The third-order valence-corrected chi connectivity index (χ3v) is 3.63. The minimum Gasteiger partial charge on any atom is -0.497 e. The second-order valence-electron chi connectivity index (χ2n) is 4.45. The maximum absolute atomic E-state index is 5.99. The molecular formula is C17H19BrO3. The predicted octanol–water partition coefficient (Wildman–Crippen LogP) is 4.57. The van der Waals surface area contributed by atoms with Crippen molar-refractivity contribution in [1.82, 2.24) is 0 Å². The zero-order valence-electron chi connectivity index (χ0n) is 12.3. The normalized spacial score (nSPS) is 10.2. The highest BCUT2D eigenvalue weighted by molar-refractivity contribution is 9.08. The quantitative estimate of drug-likeness (QED) is 0.684. The maximum Gasteiger partial charge on any atom is 0.165 e. The number of halogens is 1. The molecule has 0 amide bonds. The molecule has 0 saturated carbocycles. The monoisotopic (exact) mass is 350 g/mol. The van der Waals surface area contributed by atoms with E-state index in [1.165, 1.54) is 0 Å². The molecule has 0 heterocycles. The van der Waals surface area contributed by atoms with Crippen LogP contribution < -0.4 is 14.2 Å². The molecule has 0 spiro atoms. The zero-order valence-corrected chi connectivity index (χ0v) is 13.9. The molecule has 0 aliphatic rings. The first-order chi connectivity index (χ1) is 10.3. The molecule has 4 heteroatoms. The maximum atomic E-state index is 5.99. The largest absolute Gasteiger partial charge is 0.497 e. The van der Waals surface area contributed by atoms with Gasteiger partial charge in [0.05, 0.1) is 13.7 Å². The van der Waals surface area contributed by atoms with Gasteiger partial charge in [-0.05, 0) is 30.7 Å². The molecule has 0 bridgehead atoms. The lowest BCUT2D eigenvalue weighted by atomic mass is 10.2. The van der Waals surface area contributed by atoms with Gasteiger partial charge >= 0.3 is 0 Å². The molecule has 2 aromatic carbocycles. The van der Waals surface area contributed by atoms with Crippen molar-refractivity contribution in [1.29, 1.82) is 0 Å². The molecule has 0 radical (unpaired) electrons. The summed E-state index contributed by atoms with van der Waals surface area (Å²) >= 11 is 3.49. The van der Waals surface area contributed by atoms with Crippen molar-refractivity contribution in [2.24, 2.45) is 0 Å². The molecule has 112 valence electrons. The lowest BCUT2D eigenvalue weighted by Crippen LogP contribution is -2.02. The number of hydrogen-bond acceptors (Lipinski definition) is 3. The lowest BCUT2D eigenvalue weighted by Gasteiger charge is -2.15. The minimum atomic E-state index is 0.473. The van der Waals surface area contributed by atoms with Crippen LogP contribution in [0.5, 0.6) is 17.2 Å². The molecular weight excluding hydrogens is 332 g/mol. The van der Waals surface area contributed by atoms with Gasteiger partial charge in [-0.3, -0.25) is 0 Å². The van der Waals surface area contributed by atoms with Gasteiger partial charge in [-0.2, -0.15) is 0 Å². The molecule has 0 aromatic heterocycles. The fraction of sp³-hybridized carbons (Fsp3) is 0.294. The van der Waals surface area contributed by atoms with Crippen LogP contribution in [0, 0.1) is 0 Å². The van der Waals surface area contributed by atoms with Crippen molar-refractivity contribution in [3.63, 3.8) is 0 Å². The highest BCUT2D eigenvalue weighted by atomic mass is 79.9. The van der Waals surface area contributed by atoms with Crippen molar-refractivity contribution in [2.75, 3.05) is 13.7 Å². The van der Waals surface area contributed by atoms with Crippen LogP contribution in [-0.4, -0.2) is 13.7 Å². The van der Waals surface area contributed by atoms with E-state index < -0.39 is 0 Å². The van der Waals surface area contributed by atoms with Crippen LogP contribution >= 0.6 is 15.9 Å². The molecule has 0 N–H and O–H groups in total. The smallest absolute Gasteiger partial charge is 0.165 e. The Morgan fingerprint density at radius 2 is 1.86 bits per heavy atom. The molecule has 0 saturated heterocycles. The van der Waals surface area contributed by atoms with E-state index in [4.69, 9.17) is 14.2 Å². The predicted molar refractivity (Wildman–Crippen MR) is 87.6 cm³/mol. The van der Waals surface area contributed by atoms with Crippen LogP contribution in [0.2, 0.25) is 0 Å². The van der Waals surface area contributed by atoms with Crippen LogP contribution in [-0.2, 0) is 11.9 Å². The van der Waals surface area contributed by atoms with Gasteiger partial charge in [-0.15, -0.1) is 0 Å². The lowest BCUT2D eigenvalue weighted by molar-refractivity contribution is 0.267. The molecule has 21 heavy (non-hydrogen) atoms. The number of para-hydroxylation sites is 1. The van der Waals surface area contributed by atoms with Gasteiger partial charge in [0.15, 0.2) is 11.5 Å². The molecule has 0 fully saturated rings. The zero-order chi connectivity index (χ0) is 15.1. The van der Waals surface area contributed by atoms with Gasteiger partial charge in [-0.25, -0.2) is 0 Å². The highest BCUT2D eigenvalue weighted by Gasteiger charge is 2.10. The van der Waals surface area contributed by atoms with E-state index in [2.05, 4.69) is 15.9 Å². The second kappa shape index (κ2) is 7.93. The number of rotatable bonds is 7. The van der Waals surface area contributed by atoms with Gasteiger partial charge in [0.1, 0.15) is 12.4 Å². The van der Waals surface area contributed by atoms with Gasteiger partial charge < -0.3 is 14.2 Å². The molecule has 0 atom stereocenters. The van der Waals surface area contributed by atoms with Crippen LogP contribution in [0.25, 0.3) is 0 Å². The van der Waals surface area contributed by atoms with Crippen molar-refractivity contribution in [3.05, 3.63) is 53.6 Å². The Labute approximate surface area is 134 Å². The number of benzene rings is 2. The Bertz CT molecular complexity index is 584. The molecule has 0 aliphatic heterocycles. The Morgan fingerprint density at radius 3 is 2.57 bits per heavy atom. The van der Waals surface area contributed by atoms with Gasteiger partial charge in [-0.1, -0.05) is 40.2 Å². The highest BCUT2D eigenvalue weighted by Crippen LogP contribution is 2.33. The Balaban J connectivity index is 2.18. The molecule has 0 aliphatic carbocycles. The first kappa shape index (κ1) is 15.7. The topological polar surface area (TPSA) is 27.7 Å². The number of alkyl halides is 1. The van der Waals surface area contributed by atoms with Gasteiger partial charge in [0, 0.05) is 10.9 Å². The minimum absolute atomic E-state index is 0.473. The fourth-order valence-corrected chi connectivity index (χ4v) is 2.46. The Kier molecular flexibility index (Phi) is 5.93. The average Bonchev–Trinajstić information content (AvgIpc) is 2.54. The summed E-state index contributed by atoms with van der Waals surface area (Å²) < 4.78 is 16.9. The van der Waals surface area contributed by atoms with Gasteiger partial charge in [0.2, 0.25) is 0 Å².